The smallest absolute Gasteiger partial charge is 0.412 e. The molecule has 2 aromatic heterocycles. The van der Waals surface area contributed by atoms with Crippen LogP contribution in [0.5, 0.6) is 11.5 Å². The highest BCUT2D eigenvalue weighted by molar-refractivity contribution is 5.93. The number of allylic oxidation sites excluding steroid dienone is 1. The number of rotatable bonds is 20. The van der Waals surface area contributed by atoms with Gasteiger partial charge in [0, 0.05) is 41.8 Å². The van der Waals surface area contributed by atoms with Crippen LogP contribution in [0, 0.1) is 6.92 Å². The monoisotopic (exact) mass is 832 g/mol. The van der Waals surface area contributed by atoms with E-state index in [1.165, 1.54) is 7.11 Å². The van der Waals surface area contributed by atoms with Crippen LogP contribution in [0.15, 0.2) is 84.0 Å². The lowest BCUT2D eigenvalue weighted by atomic mass is 10.1. The molecule has 2 heterocycles. The van der Waals surface area contributed by atoms with Crippen LogP contribution in [-0.4, -0.2) is 89.9 Å². The van der Waals surface area contributed by atoms with Crippen molar-refractivity contribution in [1.29, 1.82) is 0 Å². The van der Waals surface area contributed by atoms with Crippen molar-refractivity contribution in [3.8, 4) is 11.5 Å². The van der Waals surface area contributed by atoms with Gasteiger partial charge >= 0.3 is 6.09 Å². The molecule has 0 bridgehead atoms. The molecule has 2 amide bonds. The fourth-order valence-electron chi connectivity index (χ4n) is 6.33. The molecule has 5 N–H and O–H groups in total. The predicted molar refractivity (Wildman–Crippen MR) is 238 cm³/mol. The van der Waals surface area contributed by atoms with Crippen molar-refractivity contribution in [3.63, 3.8) is 0 Å². The number of nitrogens with two attached hydrogens (primary N) is 1. The largest absolute Gasteiger partial charge is 0.494 e. The Morgan fingerprint density at radius 1 is 0.984 bits per heavy atom. The maximum atomic E-state index is 13.3. The first kappa shape index (κ1) is 44.7. The predicted octanol–water partition coefficient (Wildman–Crippen LogP) is 6.95. The molecule has 0 saturated heterocycles. The number of aldehydes is 2. The molecule has 3 aromatic carbocycles. The van der Waals surface area contributed by atoms with Gasteiger partial charge in [-0.1, -0.05) is 18.2 Å². The second-order valence-electron chi connectivity index (χ2n) is 14.7. The van der Waals surface area contributed by atoms with Gasteiger partial charge in [-0.05, 0) is 95.9 Å². The quantitative estimate of drug-likeness (QED) is 0.0206. The van der Waals surface area contributed by atoms with Crippen LogP contribution >= 0.6 is 0 Å². The van der Waals surface area contributed by atoms with E-state index in [9.17, 15) is 19.2 Å². The van der Waals surface area contributed by atoms with E-state index in [4.69, 9.17) is 19.9 Å². The van der Waals surface area contributed by atoms with E-state index in [1.54, 1.807) is 68.0 Å². The molecule has 0 unspecified atom stereocenters. The zero-order valence-electron chi connectivity index (χ0n) is 35.2. The average molecular weight is 833 g/mol. The van der Waals surface area contributed by atoms with Crippen LogP contribution in [0.25, 0.3) is 10.9 Å². The summed E-state index contributed by atoms with van der Waals surface area (Å²) in [5.74, 6) is 0.454. The Bertz CT molecular complexity index is 2440. The minimum absolute atomic E-state index is 0.0559. The molecule has 17 nitrogen and oxygen atoms in total. The van der Waals surface area contributed by atoms with Gasteiger partial charge in [-0.25, -0.2) is 4.79 Å². The van der Waals surface area contributed by atoms with Crippen LogP contribution in [-0.2, 0) is 17.8 Å². The zero-order chi connectivity index (χ0) is 44.1. The number of anilines is 4. The SMILES string of the molecule is C=Nc1cc(C=O)cc(OC)c1N(C/C=C/CNc1c(N)cc(C=O)cc1OC/C=C/Cn1ncc2cc(NC(=O)OC(C)(C)C)ccc21)CNC(=O)c1cc(C)nn1CC. The fourth-order valence-corrected chi connectivity index (χ4v) is 6.33. The highest BCUT2D eigenvalue weighted by Gasteiger charge is 2.21. The maximum Gasteiger partial charge on any atom is 0.412 e. The van der Waals surface area contributed by atoms with Gasteiger partial charge in [-0.3, -0.25) is 34.1 Å². The van der Waals surface area contributed by atoms with Gasteiger partial charge in [0.05, 0.1) is 49.1 Å². The number of aliphatic imine (C=N–C) groups is 1. The Hall–Kier alpha value is -7.43. The molecule has 0 fully saturated rings. The average Bonchev–Trinajstić information content (AvgIpc) is 3.82. The first-order chi connectivity index (χ1) is 29.3. The number of nitrogen functional groups attached to an aromatic ring is 1. The van der Waals surface area contributed by atoms with Gasteiger partial charge in [0.1, 0.15) is 53.3 Å². The summed E-state index contributed by atoms with van der Waals surface area (Å²) < 4.78 is 20.5. The number of carbonyl (C=O) groups excluding carboxylic acids is 4. The molecule has 0 spiro atoms. The van der Waals surface area contributed by atoms with Gasteiger partial charge in [0.15, 0.2) is 0 Å². The minimum Gasteiger partial charge on any atom is -0.494 e. The number of fused-ring (bicyclic) bond motifs is 1. The van der Waals surface area contributed by atoms with Gasteiger partial charge in [-0.2, -0.15) is 10.2 Å². The molecular formula is C44H52N10O7. The van der Waals surface area contributed by atoms with Crippen molar-refractivity contribution in [3.05, 3.63) is 102 Å². The third-order valence-corrected chi connectivity index (χ3v) is 9.03. The number of aryl methyl sites for hydroxylation is 2. The number of nitrogens with zero attached hydrogens (tertiary/aromatic N) is 6. The number of carbonyl (C=O) groups is 4. The van der Waals surface area contributed by atoms with Crippen LogP contribution < -0.4 is 36.1 Å². The second-order valence-corrected chi connectivity index (χ2v) is 14.7. The van der Waals surface area contributed by atoms with E-state index in [1.807, 2.05) is 59.9 Å². The highest BCUT2D eigenvalue weighted by atomic mass is 16.6. The number of amides is 2. The van der Waals surface area contributed by atoms with Crippen molar-refractivity contribution in [2.75, 3.05) is 54.7 Å². The Morgan fingerprint density at radius 2 is 1.74 bits per heavy atom. The van der Waals surface area contributed by atoms with Crippen LogP contribution in [0.4, 0.5) is 33.2 Å². The topological polar surface area (TPSA) is 209 Å². The molecule has 0 atom stereocenters. The van der Waals surface area contributed by atoms with Crippen LogP contribution in [0.1, 0.15) is 64.6 Å². The van der Waals surface area contributed by atoms with Gasteiger partial charge in [0.25, 0.3) is 5.91 Å². The van der Waals surface area contributed by atoms with Gasteiger partial charge in [-0.15, -0.1) is 0 Å². The number of nitrogens with one attached hydrogen (secondary N) is 3. The van der Waals surface area contributed by atoms with Crippen molar-refractivity contribution < 1.29 is 33.4 Å². The standard InChI is InChI=1S/C44H52N10O7/c1-8-53-37(19-29(2)51-53)42(57)48-28-52(41-35(46-6)21-31(27-56)23-39(41)59-7)16-10-9-15-47-40-34(45)20-30(26-55)22-38(40)60-18-12-11-17-54-36-14-13-33(24-32(36)25-49-54)50-43(58)61-44(3,4)5/h9-14,19-27,47H,6,8,15-18,28,45H2,1-5,7H3,(H,48,57)(H,50,58)/b10-9+,12-11+. The normalized spacial score (nSPS) is 11.4. The van der Waals surface area contributed by atoms with Crippen molar-refractivity contribution in [1.82, 2.24) is 24.9 Å². The third-order valence-electron chi connectivity index (χ3n) is 9.03. The number of aromatic nitrogens is 4. The number of benzene rings is 3. The van der Waals surface area contributed by atoms with E-state index in [2.05, 4.69) is 37.9 Å². The first-order valence-electron chi connectivity index (χ1n) is 19.5. The minimum atomic E-state index is -0.609. The highest BCUT2D eigenvalue weighted by Crippen LogP contribution is 2.39. The molecule has 0 aliphatic rings. The molecule has 320 valence electrons. The van der Waals surface area contributed by atoms with Crippen LogP contribution in [0.2, 0.25) is 0 Å². The van der Waals surface area contributed by atoms with Gasteiger partial charge in [0.2, 0.25) is 0 Å². The molecule has 0 radical (unpaired) electrons. The Morgan fingerprint density at radius 3 is 2.44 bits per heavy atom. The Balaban J connectivity index is 1.24. The third kappa shape index (κ3) is 11.8. The van der Waals surface area contributed by atoms with Crippen molar-refractivity contribution in [2.45, 2.75) is 53.3 Å². The van der Waals surface area contributed by atoms with Gasteiger partial charge < -0.3 is 35.5 Å². The van der Waals surface area contributed by atoms with E-state index < -0.39 is 11.7 Å². The molecule has 0 saturated carbocycles. The van der Waals surface area contributed by atoms with E-state index in [0.29, 0.717) is 89.0 Å². The van der Waals surface area contributed by atoms with E-state index in [-0.39, 0.29) is 25.7 Å². The number of ether oxygens (including phenoxy) is 3. The molecule has 5 aromatic rings. The summed E-state index contributed by atoms with van der Waals surface area (Å²) in [6.07, 6.45) is 10.1. The van der Waals surface area contributed by atoms with E-state index >= 15 is 0 Å². The Labute approximate surface area is 354 Å². The lowest BCUT2D eigenvalue weighted by molar-refractivity contribution is 0.0635. The molecular weight excluding hydrogens is 781 g/mol. The van der Waals surface area contributed by atoms with E-state index in [0.717, 1.165) is 16.6 Å². The fraction of sp³-hybridized carbons (Fsp3) is 0.295. The maximum absolute atomic E-state index is 13.3. The molecule has 0 aliphatic carbocycles. The summed E-state index contributed by atoms with van der Waals surface area (Å²) in [7, 11) is 1.49. The van der Waals surface area contributed by atoms with Crippen molar-refractivity contribution >= 4 is 70.6 Å². The molecule has 5 rings (SSSR count). The first-order valence-corrected chi connectivity index (χ1v) is 19.5. The molecule has 17 heteroatoms. The number of hydrogen-bond donors (Lipinski definition) is 4. The number of methoxy groups -OCH3 is 1. The summed E-state index contributed by atoms with van der Waals surface area (Å²) in [5, 5.41) is 18.7. The summed E-state index contributed by atoms with van der Waals surface area (Å²) in [6, 6.07) is 13.6. The zero-order valence-corrected chi connectivity index (χ0v) is 35.2. The lowest BCUT2D eigenvalue weighted by Gasteiger charge is -2.27. The summed E-state index contributed by atoms with van der Waals surface area (Å²) in [5.41, 5.74) is 10.9. The summed E-state index contributed by atoms with van der Waals surface area (Å²) in [4.78, 5) is 54.9. The van der Waals surface area contributed by atoms with Crippen LogP contribution in [0.3, 0.4) is 0 Å². The Kier molecular flexibility index (Phi) is 15.0. The lowest BCUT2D eigenvalue weighted by Crippen LogP contribution is -2.39. The van der Waals surface area contributed by atoms with Crippen molar-refractivity contribution in [2.24, 2.45) is 4.99 Å². The summed E-state index contributed by atoms with van der Waals surface area (Å²) >= 11 is 0. The number of hydrogen-bond acceptors (Lipinski definition) is 13. The summed E-state index contributed by atoms with van der Waals surface area (Å²) in [6.45, 7) is 14.7. The molecule has 61 heavy (non-hydrogen) atoms. The second kappa shape index (κ2) is 20.5. The molecule has 0 aliphatic heterocycles.